The number of benzene rings is 1. The maximum Gasteiger partial charge on any atom is 0.228 e. The number of hydrogen-bond acceptors (Lipinski definition) is 3. The van der Waals surface area contributed by atoms with Crippen molar-refractivity contribution in [2.24, 2.45) is 11.3 Å². The Bertz CT molecular complexity index is 707. The average molecular weight is 433 g/mol. The molecule has 1 N–H and O–H groups in total. The maximum absolute atomic E-state index is 12.9. The molecule has 0 aliphatic carbocycles. The Morgan fingerprint density at radius 2 is 1.78 bits per heavy atom. The lowest BCUT2D eigenvalue weighted by molar-refractivity contribution is -0.137. The smallest absolute Gasteiger partial charge is 0.228 e. The molecule has 4 rings (SSSR count). The molecule has 0 saturated carbocycles. The van der Waals surface area contributed by atoms with Crippen LogP contribution >= 0.6 is 35.6 Å². The summed E-state index contributed by atoms with van der Waals surface area (Å²) in [6.07, 6.45) is 3.58. The molecule has 148 valence electrons. The van der Waals surface area contributed by atoms with E-state index in [1.54, 1.807) is 23.1 Å². The quantitative estimate of drug-likeness (QED) is 0.779. The van der Waals surface area contributed by atoms with E-state index in [0.29, 0.717) is 27.7 Å². The molecule has 0 aromatic heterocycles. The lowest BCUT2D eigenvalue weighted by Gasteiger charge is -2.39. The predicted molar refractivity (Wildman–Crippen MR) is 110 cm³/mol. The van der Waals surface area contributed by atoms with Crippen LogP contribution in [-0.4, -0.2) is 49.4 Å². The number of amides is 2. The summed E-state index contributed by atoms with van der Waals surface area (Å²) in [5, 5.41) is 4.42. The first-order chi connectivity index (χ1) is 12.5. The number of rotatable bonds is 2. The van der Waals surface area contributed by atoms with E-state index in [-0.39, 0.29) is 36.6 Å². The molecule has 1 spiro atoms. The number of nitrogens with zero attached hydrogens (tertiary/aromatic N) is 2. The van der Waals surface area contributed by atoms with Crippen molar-refractivity contribution in [1.29, 1.82) is 0 Å². The summed E-state index contributed by atoms with van der Waals surface area (Å²) in [5.74, 6) is -0.221. The Kier molecular flexibility index (Phi) is 6.26. The van der Waals surface area contributed by atoms with Crippen LogP contribution in [0.5, 0.6) is 0 Å². The monoisotopic (exact) mass is 431 g/mol. The Morgan fingerprint density at radius 1 is 1.11 bits per heavy atom. The van der Waals surface area contributed by atoms with Crippen LogP contribution in [-0.2, 0) is 9.59 Å². The molecule has 1 unspecified atom stereocenters. The second kappa shape index (κ2) is 8.16. The fraction of sp³-hybridized carbons (Fsp3) is 0.579. The van der Waals surface area contributed by atoms with Gasteiger partial charge in [0.1, 0.15) is 0 Å². The van der Waals surface area contributed by atoms with Crippen LogP contribution in [0.4, 0.5) is 5.69 Å². The van der Waals surface area contributed by atoms with Gasteiger partial charge in [-0.1, -0.05) is 23.2 Å². The van der Waals surface area contributed by atoms with E-state index >= 15 is 0 Å². The molecule has 3 heterocycles. The topological polar surface area (TPSA) is 52.7 Å². The molecule has 1 aromatic carbocycles. The van der Waals surface area contributed by atoms with Crippen LogP contribution in [0.25, 0.3) is 0 Å². The Morgan fingerprint density at radius 3 is 2.37 bits per heavy atom. The van der Waals surface area contributed by atoms with E-state index < -0.39 is 0 Å². The number of piperidine rings is 1. The Hall–Kier alpha value is -1.01. The molecular weight excluding hydrogens is 409 g/mol. The molecule has 1 aromatic rings. The zero-order valence-corrected chi connectivity index (χ0v) is 17.4. The lowest BCUT2D eigenvalue weighted by atomic mass is 9.77. The summed E-state index contributed by atoms with van der Waals surface area (Å²) >= 11 is 12.1. The van der Waals surface area contributed by atoms with Gasteiger partial charge in [0.2, 0.25) is 11.8 Å². The minimum Gasteiger partial charge on any atom is -0.342 e. The van der Waals surface area contributed by atoms with Crippen LogP contribution < -0.4 is 10.2 Å². The van der Waals surface area contributed by atoms with Crippen LogP contribution in [0.3, 0.4) is 0 Å². The second-order valence-corrected chi connectivity index (χ2v) is 8.66. The van der Waals surface area contributed by atoms with Crippen molar-refractivity contribution in [2.75, 3.05) is 37.6 Å². The summed E-state index contributed by atoms with van der Waals surface area (Å²) in [6.45, 7) is 4.16. The zero-order valence-electron chi connectivity index (χ0n) is 15.0. The molecule has 0 radical (unpaired) electrons. The summed E-state index contributed by atoms with van der Waals surface area (Å²) in [6, 6.07) is 5.07. The Labute approximate surface area is 175 Å². The maximum atomic E-state index is 12.9. The van der Waals surface area contributed by atoms with Gasteiger partial charge in [-0.25, -0.2) is 0 Å². The number of halogens is 3. The molecule has 27 heavy (non-hydrogen) atoms. The van der Waals surface area contributed by atoms with E-state index in [2.05, 4.69) is 5.32 Å². The first-order valence-electron chi connectivity index (χ1n) is 9.22. The van der Waals surface area contributed by atoms with Crippen molar-refractivity contribution in [1.82, 2.24) is 10.2 Å². The third-order valence-corrected chi connectivity index (χ3v) is 6.54. The van der Waals surface area contributed by atoms with Crippen molar-refractivity contribution in [3.63, 3.8) is 0 Å². The number of carbonyl (C=O) groups excluding carboxylic acids is 2. The van der Waals surface area contributed by atoms with Crippen LogP contribution in [0.2, 0.25) is 10.0 Å². The van der Waals surface area contributed by atoms with Gasteiger partial charge >= 0.3 is 0 Å². The van der Waals surface area contributed by atoms with Gasteiger partial charge in [0.05, 0.1) is 5.92 Å². The fourth-order valence-electron chi connectivity index (χ4n) is 4.50. The van der Waals surface area contributed by atoms with E-state index in [1.807, 2.05) is 4.90 Å². The predicted octanol–water partition coefficient (Wildman–Crippen LogP) is 3.37. The third kappa shape index (κ3) is 4.21. The van der Waals surface area contributed by atoms with Gasteiger partial charge in [-0.05, 0) is 49.4 Å². The standard InChI is InChI=1S/C19H23Cl2N3O2.ClH/c20-14-8-15(21)10-16(9-14)24-11-13(7-17(24)25)18(26)23-5-2-19(3-6-23)1-4-22-12-19;/h8-10,13,22H,1-7,11-12H2;1H. The minimum absolute atomic E-state index is 0. The molecule has 5 nitrogen and oxygen atoms in total. The molecule has 2 amide bonds. The molecular formula is C19H24Cl3N3O2. The van der Waals surface area contributed by atoms with Gasteiger partial charge in [-0.3, -0.25) is 9.59 Å². The van der Waals surface area contributed by atoms with E-state index in [0.717, 1.165) is 39.0 Å². The number of anilines is 1. The summed E-state index contributed by atoms with van der Waals surface area (Å²) in [5.41, 5.74) is 1.05. The van der Waals surface area contributed by atoms with Crippen LogP contribution in [0.1, 0.15) is 25.7 Å². The van der Waals surface area contributed by atoms with Crippen molar-refractivity contribution < 1.29 is 9.59 Å². The molecule has 0 bridgehead atoms. The Balaban J connectivity index is 0.00000210. The van der Waals surface area contributed by atoms with Crippen molar-refractivity contribution in [3.05, 3.63) is 28.2 Å². The summed E-state index contributed by atoms with van der Waals surface area (Å²) in [4.78, 5) is 29.0. The molecule has 8 heteroatoms. The summed E-state index contributed by atoms with van der Waals surface area (Å²) < 4.78 is 0. The SMILES string of the molecule is Cl.O=C(C1CC(=O)N(c2cc(Cl)cc(Cl)c2)C1)N1CCC2(CCNC2)CC1. The van der Waals surface area contributed by atoms with Gasteiger partial charge in [0, 0.05) is 48.3 Å². The fourth-order valence-corrected chi connectivity index (χ4v) is 5.01. The molecule has 3 aliphatic heterocycles. The normalized spacial score (nSPS) is 24.4. The van der Waals surface area contributed by atoms with E-state index in [1.165, 1.54) is 6.42 Å². The first-order valence-corrected chi connectivity index (χ1v) is 9.97. The van der Waals surface area contributed by atoms with Gasteiger partial charge in [-0.15, -0.1) is 12.4 Å². The largest absolute Gasteiger partial charge is 0.342 e. The zero-order chi connectivity index (χ0) is 18.3. The highest BCUT2D eigenvalue weighted by atomic mass is 35.5. The van der Waals surface area contributed by atoms with Crippen molar-refractivity contribution in [2.45, 2.75) is 25.7 Å². The minimum atomic E-state index is -0.281. The molecule has 3 fully saturated rings. The highest BCUT2D eigenvalue weighted by molar-refractivity contribution is 6.35. The number of nitrogens with one attached hydrogen (secondary N) is 1. The second-order valence-electron chi connectivity index (χ2n) is 7.79. The third-order valence-electron chi connectivity index (χ3n) is 6.10. The number of likely N-dealkylation sites (tertiary alicyclic amines) is 1. The van der Waals surface area contributed by atoms with Gasteiger partial charge < -0.3 is 15.1 Å². The summed E-state index contributed by atoms with van der Waals surface area (Å²) in [7, 11) is 0. The first kappa shape index (κ1) is 20.7. The average Bonchev–Trinajstić information content (AvgIpc) is 3.21. The highest BCUT2D eigenvalue weighted by Crippen LogP contribution is 2.38. The van der Waals surface area contributed by atoms with E-state index in [4.69, 9.17) is 23.2 Å². The number of carbonyl (C=O) groups is 2. The lowest BCUT2D eigenvalue weighted by Crippen LogP contribution is -2.46. The van der Waals surface area contributed by atoms with Gasteiger partial charge in [-0.2, -0.15) is 0 Å². The van der Waals surface area contributed by atoms with Crippen molar-refractivity contribution in [3.8, 4) is 0 Å². The van der Waals surface area contributed by atoms with Gasteiger partial charge in [0.15, 0.2) is 0 Å². The molecule has 3 saturated heterocycles. The van der Waals surface area contributed by atoms with Crippen LogP contribution in [0, 0.1) is 11.3 Å². The van der Waals surface area contributed by atoms with Crippen molar-refractivity contribution >= 4 is 53.1 Å². The van der Waals surface area contributed by atoms with Gasteiger partial charge in [0.25, 0.3) is 0 Å². The number of hydrogen-bond donors (Lipinski definition) is 1. The molecule has 3 aliphatic rings. The van der Waals surface area contributed by atoms with Crippen LogP contribution in [0.15, 0.2) is 18.2 Å². The highest BCUT2D eigenvalue weighted by Gasteiger charge is 2.42. The van der Waals surface area contributed by atoms with E-state index in [9.17, 15) is 9.59 Å². The molecule has 1 atom stereocenters.